The van der Waals surface area contributed by atoms with Crippen LogP contribution in [0.4, 0.5) is 0 Å². The predicted molar refractivity (Wildman–Crippen MR) is 61.4 cm³/mol. The minimum absolute atomic E-state index is 0.154. The molecule has 96 valence electrons. The first-order valence-electron chi connectivity index (χ1n) is 5.51. The predicted octanol–water partition coefficient (Wildman–Crippen LogP) is 0.534. The fourth-order valence-corrected chi connectivity index (χ4v) is 1.33. The first-order chi connectivity index (χ1) is 7.74. The maximum absolute atomic E-state index is 10.9. The Morgan fingerprint density at radius 2 is 1.56 bits per heavy atom. The van der Waals surface area contributed by atoms with Crippen LogP contribution in [0.2, 0.25) is 0 Å². The monoisotopic (exact) mass is 233 g/mol. The highest BCUT2D eigenvalue weighted by Gasteiger charge is 2.06. The van der Waals surface area contributed by atoms with Gasteiger partial charge in [-0.3, -0.25) is 9.69 Å². The maximum atomic E-state index is 10.9. The molecule has 0 aliphatic rings. The van der Waals surface area contributed by atoms with E-state index in [1.165, 1.54) is 7.11 Å². The normalized spacial score (nSPS) is 10.8. The number of methoxy groups -OCH3 is 3. The van der Waals surface area contributed by atoms with Crippen LogP contribution in [0.3, 0.4) is 0 Å². The van der Waals surface area contributed by atoms with Crippen molar-refractivity contribution in [3.63, 3.8) is 0 Å². The molecule has 0 atom stereocenters. The minimum atomic E-state index is -0.154. The molecule has 0 fully saturated rings. The summed E-state index contributed by atoms with van der Waals surface area (Å²) in [4.78, 5) is 13.1. The summed E-state index contributed by atoms with van der Waals surface area (Å²) in [6.45, 7) is 3.98. The Kier molecular flexibility index (Phi) is 10.4. The molecule has 5 nitrogen and oxygen atoms in total. The molecule has 0 amide bonds. The Balaban J connectivity index is 3.67. The second-order valence-electron chi connectivity index (χ2n) is 3.51. The van der Waals surface area contributed by atoms with Gasteiger partial charge in [0.15, 0.2) is 0 Å². The number of ether oxygens (including phenoxy) is 3. The fourth-order valence-electron chi connectivity index (χ4n) is 1.33. The third-order valence-electron chi connectivity index (χ3n) is 2.31. The number of hydrogen-bond acceptors (Lipinski definition) is 5. The zero-order valence-electron chi connectivity index (χ0n) is 10.5. The lowest BCUT2D eigenvalue weighted by Crippen LogP contribution is -2.32. The van der Waals surface area contributed by atoms with Gasteiger partial charge in [0.05, 0.1) is 20.3 Å². The van der Waals surface area contributed by atoms with Gasteiger partial charge in [-0.05, 0) is 13.0 Å². The van der Waals surface area contributed by atoms with Crippen LogP contribution in [0, 0.1) is 0 Å². The molecule has 0 spiro atoms. The van der Waals surface area contributed by atoms with Crippen LogP contribution in [0.5, 0.6) is 0 Å². The van der Waals surface area contributed by atoms with E-state index in [1.54, 1.807) is 14.2 Å². The number of rotatable bonds is 10. The highest BCUT2D eigenvalue weighted by molar-refractivity contribution is 5.69. The van der Waals surface area contributed by atoms with E-state index in [0.717, 1.165) is 26.1 Å². The summed E-state index contributed by atoms with van der Waals surface area (Å²) in [6, 6.07) is 0. The van der Waals surface area contributed by atoms with Crippen LogP contribution in [0.1, 0.15) is 12.8 Å². The average molecular weight is 233 g/mol. The van der Waals surface area contributed by atoms with Gasteiger partial charge < -0.3 is 14.2 Å². The third kappa shape index (κ3) is 8.64. The van der Waals surface area contributed by atoms with E-state index < -0.39 is 0 Å². The molecule has 0 aromatic carbocycles. The SMILES string of the molecule is COCCN(CCCC(=O)OC)CCOC. The van der Waals surface area contributed by atoms with Crippen molar-refractivity contribution in [3.8, 4) is 0 Å². The summed E-state index contributed by atoms with van der Waals surface area (Å²) >= 11 is 0. The topological polar surface area (TPSA) is 48.0 Å². The van der Waals surface area contributed by atoms with Gasteiger partial charge in [0.2, 0.25) is 0 Å². The van der Waals surface area contributed by atoms with Crippen LogP contribution >= 0.6 is 0 Å². The zero-order valence-corrected chi connectivity index (χ0v) is 10.5. The van der Waals surface area contributed by atoms with Crippen molar-refractivity contribution in [2.24, 2.45) is 0 Å². The second-order valence-corrected chi connectivity index (χ2v) is 3.51. The van der Waals surface area contributed by atoms with Gasteiger partial charge in [0.1, 0.15) is 0 Å². The van der Waals surface area contributed by atoms with Crippen LogP contribution < -0.4 is 0 Å². The van der Waals surface area contributed by atoms with Gasteiger partial charge in [-0.1, -0.05) is 0 Å². The van der Waals surface area contributed by atoms with E-state index >= 15 is 0 Å². The molecule has 0 rings (SSSR count). The molecule has 0 saturated carbocycles. The maximum Gasteiger partial charge on any atom is 0.305 e. The van der Waals surface area contributed by atoms with Crippen molar-refractivity contribution >= 4 is 5.97 Å². The third-order valence-corrected chi connectivity index (χ3v) is 2.31. The van der Waals surface area contributed by atoms with E-state index in [0.29, 0.717) is 19.6 Å². The molecule has 0 saturated heterocycles. The summed E-state index contributed by atoms with van der Waals surface area (Å²) in [5.74, 6) is -0.154. The highest BCUT2D eigenvalue weighted by Crippen LogP contribution is 1.97. The van der Waals surface area contributed by atoms with Gasteiger partial charge in [0, 0.05) is 33.7 Å². The summed E-state index contributed by atoms with van der Waals surface area (Å²) < 4.78 is 14.6. The number of hydrogen-bond donors (Lipinski definition) is 0. The van der Waals surface area contributed by atoms with Crippen LogP contribution in [0.25, 0.3) is 0 Å². The van der Waals surface area contributed by atoms with E-state index in [1.807, 2.05) is 0 Å². The standard InChI is InChI=1S/C11H23NO4/c1-14-9-7-12(8-10-15-2)6-4-5-11(13)16-3/h4-10H2,1-3H3. The van der Waals surface area contributed by atoms with Gasteiger partial charge in [-0.25, -0.2) is 0 Å². The van der Waals surface area contributed by atoms with Gasteiger partial charge in [0.25, 0.3) is 0 Å². The van der Waals surface area contributed by atoms with Crippen molar-refractivity contribution in [1.82, 2.24) is 4.90 Å². The number of carbonyl (C=O) groups is 1. The average Bonchev–Trinajstić information content (AvgIpc) is 2.31. The Labute approximate surface area is 97.7 Å². The quantitative estimate of drug-likeness (QED) is 0.515. The Bertz CT molecular complexity index is 167. The second kappa shape index (κ2) is 10.9. The van der Waals surface area contributed by atoms with Crippen LogP contribution in [-0.2, 0) is 19.0 Å². The molecule has 0 aromatic rings. The molecule has 0 bridgehead atoms. The fraction of sp³-hybridized carbons (Fsp3) is 0.909. The summed E-state index contributed by atoms with van der Waals surface area (Å²) in [5, 5.41) is 0. The molecule has 0 N–H and O–H groups in total. The molecule has 0 aliphatic heterocycles. The summed E-state index contributed by atoms with van der Waals surface area (Å²) in [6.07, 6.45) is 1.27. The van der Waals surface area contributed by atoms with Crippen molar-refractivity contribution in [2.45, 2.75) is 12.8 Å². The largest absolute Gasteiger partial charge is 0.469 e. The lowest BCUT2D eigenvalue weighted by molar-refractivity contribution is -0.140. The number of carbonyl (C=O) groups excluding carboxylic acids is 1. The first kappa shape index (κ1) is 15.3. The molecule has 5 heteroatoms. The van der Waals surface area contributed by atoms with Crippen molar-refractivity contribution in [1.29, 1.82) is 0 Å². The summed E-state index contributed by atoms with van der Waals surface area (Å²) in [5.41, 5.74) is 0. The molecule has 0 aromatic heterocycles. The molecule has 0 aliphatic carbocycles. The Morgan fingerprint density at radius 3 is 2.00 bits per heavy atom. The molecular formula is C11H23NO4. The van der Waals surface area contributed by atoms with Gasteiger partial charge in [-0.2, -0.15) is 0 Å². The Morgan fingerprint density at radius 1 is 1.00 bits per heavy atom. The molecule has 0 radical (unpaired) electrons. The summed E-state index contributed by atoms with van der Waals surface area (Å²) in [7, 11) is 4.78. The number of nitrogens with zero attached hydrogens (tertiary/aromatic N) is 1. The van der Waals surface area contributed by atoms with Crippen LogP contribution in [0.15, 0.2) is 0 Å². The molecular weight excluding hydrogens is 210 g/mol. The first-order valence-corrected chi connectivity index (χ1v) is 5.51. The van der Waals surface area contributed by atoms with E-state index in [4.69, 9.17) is 9.47 Å². The van der Waals surface area contributed by atoms with E-state index in [2.05, 4.69) is 9.64 Å². The highest BCUT2D eigenvalue weighted by atomic mass is 16.5. The molecule has 0 unspecified atom stereocenters. The smallest absolute Gasteiger partial charge is 0.305 e. The van der Waals surface area contributed by atoms with Crippen molar-refractivity contribution in [3.05, 3.63) is 0 Å². The number of esters is 1. The van der Waals surface area contributed by atoms with Gasteiger partial charge >= 0.3 is 5.97 Å². The van der Waals surface area contributed by atoms with E-state index in [-0.39, 0.29) is 5.97 Å². The lowest BCUT2D eigenvalue weighted by Gasteiger charge is -2.21. The molecule has 0 heterocycles. The lowest BCUT2D eigenvalue weighted by atomic mass is 10.3. The van der Waals surface area contributed by atoms with Gasteiger partial charge in [-0.15, -0.1) is 0 Å². The van der Waals surface area contributed by atoms with Crippen molar-refractivity contribution < 1.29 is 19.0 Å². The van der Waals surface area contributed by atoms with Crippen LogP contribution in [-0.4, -0.2) is 65.0 Å². The van der Waals surface area contributed by atoms with E-state index in [9.17, 15) is 4.79 Å². The minimum Gasteiger partial charge on any atom is -0.469 e. The Hall–Kier alpha value is -0.650. The van der Waals surface area contributed by atoms with Crippen molar-refractivity contribution in [2.75, 3.05) is 54.2 Å². The zero-order chi connectivity index (χ0) is 12.2. The molecule has 16 heavy (non-hydrogen) atoms.